The Bertz CT molecular complexity index is 956. The number of hydrogen-bond donors (Lipinski definition) is 0. The van der Waals surface area contributed by atoms with Gasteiger partial charge in [-0.25, -0.2) is 4.39 Å². The first-order valence-corrected chi connectivity index (χ1v) is 9.82. The van der Waals surface area contributed by atoms with Gasteiger partial charge in [0.25, 0.3) is 5.91 Å². The van der Waals surface area contributed by atoms with Crippen molar-refractivity contribution < 1.29 is 14.0 Å². The molecular weight excluding hydrogens is 373 g/mol. The molecule has 29 heavy (non-hydrogen) atoms. The number of amides is 2. The lowest BCUT2D eigenvalue weighted by Gasteiger charge is -2.27. The predicted octanol–water partition coefficient (Wildman–Crippen LogP) is 2.22. The highest BCUT2D eigenvalue weighted by Crippen LogP contribution is 2.19. The molecular formula is C22H26FN3O3. The summed E-state index contributed by atoms with van der Waals surface area (Å²) in [6.45, 7) is 1.14. The number of aromatic nitrogens is 1. The number of carbonyl (C=O) groups is 2. The van der Waals surface area contributed by atoms with E-state index in [2.05, 4.69) is 0 Å². The Kier molecular flexibility index (Phi) is 6.46. The van der Waals surface area contributed by atoms with E-state index in [1.807, 2.05) is 0 Å². The van der Waals surface area contributed by atoms with Crippen LogP contribution in [0, 0.1) is 5.82 Å². The lowest BCUT2D eigenvalue weighted by Crippen LogP contribution is -2.39. The molecule has 0 saturated carbocycles. The molecule has 0 unspecified atom stereocenters. The Morgan fingerprint density at radius 3 is 2.62 bits per heavy atom. The van der Waals surface area contributed by atoms with E-state index in [0.717, 1.165) is 12.8 Å². The van der Waals surface area contributed by atoms with Gasteiger partial charge in [-0.1, -0.05) is 18.2 Å². The second kappa shape index (κ2) is 9.03. The molecule has 3 rings (SSSR count). The molecule has 0 aliphatic carbocycles. The molecule has 1 atom stereocenters. The molecule has 0 bridgehead atoms. The van der Waals surface area contributed by atoms with Crippen molar-refractivity contribution in [3.63, 3.8) is 0 Å². The van der Waals surface area contributed by atoms with Crippen molar-refractivity contribution in [1.29, 1.82) is 0 Å². The molecule has 1 aliphatic rings. The van der Waals surface area contributed by atoms with E-state index in [1.54, 1.807) is 54.4 Å². The Labute approximate surface area is 169 Å². The lowest BCUT2D eigenvalue weighted by molar-refractivity contribution is -0.131. The van der Waals surface area contributed by atoms with Crippen LogP contribution < -0.4 is 5.56 Å². The number of likely N-dealkylation sites (N-methyl/N-ethyl adjacent to an activating group) is 1. The molecule has 1 aromatic carbocycles. The van der Waals surface area contributed by atoms with E-state index in [1.165, 1.54) is 16.7 Å². The van der Waals surface area contributed by atoms with E-state index in [9.17, 15) is 18.8 Å². The molecule has 7 heteroatoms. The van der Waals surface area contributed by atoms with Gasteiger partial charge in [-0.2, -0.15) is 0 Å². The minimum Gasteiger partial charge on any atom is -0.342 e. The summed E-state index contributed by atoms with van der Waals surface area (Å²) in [7, 11) is 3.37. The molecule has 154 valence electrons. The Morgan fingerprint density at radius 1 is 1.14 bits per heavy atom. The number of nitrogens with zero attached hydrogens (tertiary/aromatic N) is 3. The average Bonchev–Trinajstić information content (AvgIpc) is 2.97. The largest absolute Gasteiger partial charge is 0.342 e. The van der Waals surface area contributed by atoms with Crippen LogP contribution in [-0.2, 0) is 18.3 Å². The van der Waals surface area contributed by atoms with Gasteiger partial charge in [0.15, 0.2) is 0 Å². The number of aryl methyl sites for hydroxylation is 1. The maximum atomic E-state index is 13.8. The second-order valence-corrected chi connectivity index (χ2v) is 7.52. The highest BCUT2D eigenvalue weighted by Gasteiger charge is 2.26. The first-order chi connectivity index (χ1) is 13.9. The SMILES string of the molecule is CN(C(=O)Cc1ccccc1F)[C@H]1CCCN(C(=O)c2ccc(=O)n(C)c2)CC1. The third-order valence-corrected chi connectivity index (χ3v) is 5.56. The summed E-state index contributed by atoms with van der Waals surface area (Å²) in [4.78, 5) is 40.4. The monoisotopic (exact) mass is 399 g/mol. The van der Waals surface area contributed by atoms with Gasteiger partial charge >= 0.3 is 0 Å². The number of benzene rings is 1. The fourth-order valence-corrected chi connectivity index (χ4v) is 3.71. The van der Waals surface area contributed by atoms with Crippen LogP contribution in [0.1, 0.15) is 35.2 Å². The number of rotatable bonds is 4. The zero-order valence-electron chi connectivity index (χ0n) is 16.8. The number of halogens is 1. The maximum absolute atomic E-state index is 13.8. The molecule has 1 aromatic heterocycles. The highest BCUT2D eigenvalue weighted by molar-refractivity contribution is 5.93. The maximum Gasteiger partial charge on any atom is 0.255 e. The fourth-order valence-electron chi connectivity index (χ4n) is 3.71. The van der Waals surface area contributed by atoms with Gasteiger partial charge in [0.05, 0.1) is 12.0 Å². The van der Waals surface area contributed by atoms with Gasteiger partial charge in [0.2, 0.25) is 11.5 Å². The summed E-state index contributed by atoms with van der Waals surface area (Å²) in [5.41, 5.74) is 0.714. The van der Waals surface area contributed by atoms with Crippen LogP contribution in [0.4, 0.5) is 4.39 Å². The summed E-state index contributed by atoms with van der Waals surface area (Å²) in [5.74, 6) is -0.608. The molecule has 2 amide bonds. The topological polar surface area (TPSA) is 62.6 Å². The van der Waals surface area contributed by atoms with Gasteiger partial charge < -0.3 is 14.4 Å². The summed E-state index contributed by atoms with van der Waals surface area (Å²) in [6.07, 6.45) is 3.81. The highest BCUT2D eigenvalue weighted by atomic mass is 19.1. The van der Waals surface area contributed by atoms with Crippen molar-refractivity contribution in [2.75, 3.05) is 20.1 Å². The first-order valence-electron chi connectivity index (χ1n) is 9.82. The first kappa shape index (κ1) is 20.8. The molecule has 6 nitrogen and oxygen atoms in total. The number of pyridine rings is 1. The zero-order chi connectivity index (χ0) is 21.0. The van der Waals surface area contributed by atoms with Crippen LogP contribution in [0.3, 0.4) is 0 Å². The predicted molar refractivity (Wildman–Crippen MR) is 108 cm³/mol. The third kappa shape index (κ3) is 4.91. The van der Waals surface area contributed by atoms with Gasteiger partial charge in [-0.3, -0.25) is 14.4 Å². The summed E-state index contributed by atoms with van der Waals surface area (Å²) in [5, 5.41) is 0. The van der Waals surface area contributed by atoms with Crippen LogP contribution in [0.25, 0.3) is 0 Å². The van der Waals surface area contributed by atoms with Gasteiger partial charge in [0, 0.05) is 45.5 Å². The van der Waals surface area contributed by atoms with Crippen molar-refractivity contribution in [1.82, 2.24) is 14.4 Å². The van der Waals surface area contributed by atoms with Crippen molar-refractivity contribution in [3.8, 4) is 0 Å². The molecule has 2 aromatic rings. The fraction of sp³-hybridized carbons (Fsp3) is 0.409. The van der Waals surface area contributed by atoms with Crippen LogP contribution in [0.5, 0.6) is 0 Å². The van der Waals surface area contributed by atoms with E-state index < -0.39 is 0 Å². The number of likely N-dealkylation sites (tertiary alicyclic amines) is 1. The minimum absolute atomic E-state index is 0.00667. The average molecular weight is 399 g/mol. The Morgan fingerprint density at radius 2 is 1.90 bits per heavy atom. The van der Waals surface area contributed by atoms with Crippen LogP contribution in [-0.4, -0.2) is 52.4 Å². The van der Waals surface area contributed by atoms with Crippen LogP contribution in [0.2, 0.25) is 0 Å². The normalized spacial score (nSPS) is 16.9. The Balaban J connectivity index is 1.62. The molecule has 1 saturated heterocycles. The van der Waals surface area contributed by atoms with Crippen molar-refractivity contribution >= 4 is 11.8 Å². The number of carbonyl (C=O) groups excluding carboxylic acids is 2. The summed E-state index contributed by atoms with van der Waals surface area (Å²) >= 11 is 0. The summed E-state index contributed by atoms with van der Waals surface area (Å²) < 4.78 is 15.2. The molecule has 2 heterocycles. The van der Waals surface area contributed by atoms with E-state index >= 15 is 0 Å². The number of hydrogen-bond acceptors (Lipinski definition) is 3. The molecule has 0 radical (unpaired) electrons. The van der Waals surface area contributed by atoms with Crippen LogP contribution >= 0.6 is 0 Å². The minimum atomic E-state index is -0.371. The van der Waals surface area contributed by atoms with E-state index in [4.69, 9.17) is 0 Å². The van der Waals surface area contributed by atoms with Crippen molar-refractivity contribution in [3.05, 3.63) is 69.9 Å². The quantitative estimate of drug-likeness (QED) is 0.792. The standard InChI is InChI=1S/C22H26FN3O3/c1-24-15-17(9-10-20(24)27)22(29)26-12-5-7-18(11-13-26)25(2)21(28)14-16-6-3-4-8-19(16)23/h3-4,6,8-10,15,18H,5,7,11-14H2,1-2H3/t18-/m0/s1. The smallest absolute Gasteiger partial charge is 0.255 e. The van der Waals surface area contributed by atoms with E-state index in [0.29, 0.717) is 30.6 Å². The van der Waals surface area contributed by atoms with Gasteiger partial charge in [-0.15, -0.1) is 0 Å². The molecule has 0 spiro atoms. The van der Waals surface area contributed by atoms with Crippen molar-refractivity contribution in [2.45, 2.75) is 31.7 Å². The van der Waals surface area contributed by atoms with Gasteiger partial charge in [0.1, 0.15) is 5.82 Å². The second-order valence-electron chi connectivity index (χ2n) is 7.52. The molecule has 1 fully saturated rings. The van der Waals surface area contributed by atoms with Gasteiger partial charge in [-0.05, 0) is 37.0 Å². The Hall–Kier alpha value is -2.96. The summed E-state index contributed by atoms with van der Waals surface area (Å²) in [6, 6.07) is 9.26. The molecule has 1 aliphatic heterocycles. The van der Waals surface area contributed by atoms with Crippen LogP contribution in [0.15, 0.2) is 47.4 Å². The zero-order valence-corrected chi connectivity index (χ0v) is 16.8. The lowest BCUT2D eigenvalue weighted by atomic mass is 10.1. The molecule has 0 N–H and O–H groups in total. The van der Waals surface area contributed by atoms with E-state index in [-0.39, 0.29) is 35.7 Å². The van der Waals surface area contributed by atoms with Crippen molar-refractivity contribution in [2.24, 2.45) is 7.05 Å². The third-order valence-electron chi connectivity index (χ3n) is 5.56.